The summed E-state index contributed by atoms with van der Waals surface area (Å²) in [5.41, 5.74) is 1.25. The summed E-state index contributed by atoms with van der Waals surface area (Å²) < 4.78 is 32.6. The fourth-order valence-corrected chi connectivity index (χ4v) is 4.10. The van der Waals surface area contributed by atoms with Crippen LogP contribution < -0.4 is 15.4 Å². The summed E-state index contributed by atoms with van der Waals surface area (Å²) in [7, 11) is -1.66. The number of nitrogens with zero attached hydrogens (tertiary/aromatic N) is 1. The van der Waals surface area contributed by atoms with Crippen LogP contribution in [0, 0.1) is 0 Å². The van der Waals surface area contributed by atoms with Gasteiger partial charge in [-0.1, -0.05) is 37.3 Å². The highest BCUT2D eigenvalue weighted by Crippen LogP contribution is 2.18. The van der Waals surface area contributed by atoms with Gasteiger partial charge in [0.1, 0.15) is 0 Å². The Balaban J connectivity index is 1.73. The molecule has 0 aliphatic carbocycles. The highest BCUT2D eigenvalue weighted by Gasteiger charge is 2.18. The molecule has 0 spiro atoms. The second kappa shape index (κ2) is 11.4. The van der Waals surface area contributed by atoms with E-state index in [1.54, 1.807) is 7.05 Å². The summed E-state index contributed by atoms with van der Waals surface area (Å²) in [5.74, 6) is 0.880. The van der Waals surface area contributed by atoms with Gasteiger partial charge in [-0.3, -0.25) is 4.99 Å². The largest absolute Gasteiger partial charge is 0.377 e. The summed E-state index contributed by atoms with van der Waals surface area (Å²) in [5, 5.41) is 6.43. The van der Waals surface area contributed by atoms with Gasteiger partial charge in [-0.2, -0.15) is 0 Å². The summed E-state index contributed by atoms with van der Waals surface area (Å²) in [6.07, 6.45) is 3.05. The number of guanidine groups is 1. The number of benzene rings is 1. The molecule has 3 atom stereocenters. The number of aliphatic imine (C=N–C) groups is 1. The number of hydrogen-bond donors (Lipinski definition) is 3. The van der Waals surface area contributed by atoms with E-state index in [-0.39, 0.29) is 24.4 Å². The Bertz CT molecular complexity index is 703. The van der Waals surface area contributed by atoms with Gasteiger partial charge >= 0.3 is 0 Å². The van der Waals surface area contributed by atoms with E-state index in [2.05, 4.69) is 46.3 Å². The van der Waals surface area contributed by atoms with Crippen molar-refractivity contribution in [1.82, 2.24) is 15.4 Å². The van der Waals surface area contributed by atoms with E-state index in [0.29, 0.717) is 18.4 Å². The van der Waals surface area contributed by atoms with Crippen molar-refractivity contribution in [3.8, 4) is 0 Å². The smallest absolute Gasteiger partial charge is 0.213 e. The van der Waals surface area contributed by atoms with Gasteiger partial charge in [0.2, 0.25) is 10.0 Å². The molecule has 8 heteroatoms. The van der Waals surface area contributed by atoms with Crippen LogP contribution in [-0.4, -0.2) is 59.0 Å². The number of sulfonamides is 1. The molecule has 1 aromatic rings. The molecule has 1 fully saturated rings. The van der Waals surface area contributed by atoms with Crippen molar-refractivity contribution in [1.29, 1.82) is 0 Å². The molecular formula is C20H34N4O3S. The first-order chi connectivity index (χ1) is 13.4. The summed E-state index contributed by atoms with van der Waals surface area (Å²) in [6, 6.07) is 10.4. The van der Waals surface area contributed by atoms with Crippen LogP contribution in [0.5, 0.6) is 0 Å². The van der Waals surface area contributed by atoms with Crippen LogP contribution in [0.4, 0.5) is 0 Å². The number of rotatable bonds is 9. The molecule has 158 valence electrons. The molecular weight excluding hydrogens is 376 g/mol. The van der Waals surface area contributed by atoms with Crippen molar-refractivity contribution in [3.05, 3.63) is 35.9 Å². The highest BCUT2D eigenvalue weighted by atomic mass is 32.2. The monoisotopic (exact) mass is 410 g/mol. The third-order valence-electron chi connectivity index (χ3n) is 5.13. The molecule has 1 aliphatic heterocycles. The maximum Gasteiger partial charge on any atom is 0.213 e. The van der Waals surface area contributed by atoms with Gasteiger partial charge in [-0.15, -0.1) is 0 Å². The second-order valence-electron chi connectivity index (χ2n) is 7.29. The normalized spacial score (nSPS) is 20.4. The Hall–Kier alpha value is -1.64. The maximum absolute atomic E-state index is 12.2. The van der Waals surface area contributed by atoms with Gasteiger partial charge in [0.05, 0.1) is 11.9 Å². The molecule has 3 N–H and O–H groups in total. The van der Waals surface area contributed by atoms with Gasteiger partial charge in [-0.05, 0) is 31.7 Å². The topological polar surface area (TPSA) is 91.8 Å². The average molecular weight is 411 g/mol. The van der Waals surface area contributed by atoms with Crippen LogP contribution in [0.25, 0.3) is 0 Å². The van der Waals surface area contributed by atoms with Gasteiger partial charge in [-0.25, -0.2) is 13.1 Å². The zero-order valence-electron chi connectivity index (χ0n) is 17.1. The Morgan fingerprint density at radius 1 is 1.25 bits per heavy atom. The van der Waals surface area contributed by atoms with Crippen molar-refractivity contribution in [2.45, 2.75) is 51.2 Å². The molecule has 0 aromatic heterocycles. The second-order valence-corrected chi connectivity index (χ2v) is 9.21. The van der Waals surface area contributed by atoms with Crippen LogP contribution >= 0.6 is 0 Å². The zero-order chi connectivity index (χ0) is 20.4. The molecule has 0 bridgehead atoms. The predicted octanol–water partition coefficient (Wildman–Crippen LogP) is 1.83. The lowest BCUT2D eigenvalue weighted by molar-refractivity contribution is 0.0200. The zero-order valence-corrected chi connectivity index (χ0v) is 18.0. The van der Waals surface area contributed by atoms with E-state index >= 15 is 0 Å². The summed E-state index contributed by atoms with van der Waals surface area (Å²) in [4.78, 5) is 4.20. The Morgan fingerprint density at radius 2 is 2.00 bits per heavy atom. The molecule has 28 heavy (non-hydrogen) atoms. The van der Waals surface area contributed by atoms with Crippen molar-refractivity contribution >= 4 is 16.0 Å². The fourth-order valence-electron chi connectivity index (χ4n) is 3.14. The fraction of sp³-hybridized carbons (Fsp3) is 0.650. The van der Waals surface area contributed by atoms with E-state index in [4.69, 9.17) is 4.74 Å². The first-order valence-corrected chi connectivity index (χ1v) is 11.7. The van der Waals surface area contributed by atoms with Crippen molar-refractivity contribution in [3.63, 3.8) is 0 Å². The standard InChI is InChI=1S/C20H34N4O3S/c1-16(18-9-5-4-6-10-18)17(2)24-20(21-3)22-12-14-28(25,26)23-15-19-11-7-8-13-27-19/h4-6,9-10,16-17,19,23H,7-8,11-15H2,1-3H3,(H2,21,22,24). The Morgan fingerprint density at radius 3 is 2.64 bits per heavy atom. The lowest BCUT2D eigenvalue weighted by Crippen LogP contribution is -2.46. The molecule has 1 heterocycles. The van der Waals surface area contributed by atoms with Crippen LogP contribution in [0.15, 0.2) is 35.3 Å². The number of ether oxygens (including phenoxy) is 1. The minimum atomic E-state index is -3.35. The third kappa shape index (κ3) is 7.77. The molecule has 0 amide bonds. The van der Waals surface area contributed by atoms with Crippen LogP contribution in [0.1, 0.15) is 44.6 Å². The van der Waals surface area contributed by atoms with Gasteiger partial charge in [0, 0.05) is 38.7 Å². The van der Waals surface area contributed by atoms with E-state index in [0.717, 1.165) is 25.9 Å². The molecule has 3 unspecified atom stereocenters. The minimum Gasteiger partial charge on any atom is -0.377 e. The third-order valence-corrected chi connectivity index (χ3v) is 6.48. The number of nitrogens with one attached hydrogen (secondary N) is 3. The van der Waals surface area contributed by atoms with E-state index in [9.17, 15) is 8.42 Å². The molecule has 1 saturated heterocycles. The van der Waals surface area contributed by atoms with Gasteiger partial charge in [0.15, 0.2) is 5.96 Å². The van der Waals surface area contributed by atoms with Gasteiger partial charge < -0.3 is 15.4 Å². The highest BCUT2D eigenvalue weighted by molar-refractivity contribution is 7.89. The number of hydrogen-bond acceptors (Lipinski definition) is 4. The molecule has 0 saturated carbocycles. The molecule has 1 aliphatic rings. The van der Waals surface area contributed by atoms with E-state index in [1.807, 2.05) is 18.2 Å². The van der Waals surface area contributed by atoms with Crippen LogP contribution in [0.3, 0.4) is 0 Å². The first-order valence-electron chi connectivity index (χ1n) is 10.0. The van der Waals surface area contributed by atoms with Crippen molar-refractivity contribution < 1.29 is 13.2 Å². The Labute approximate surface area is 169 Å². The van der Waals surface area contributed by atoms with Crippen molar-refractivity contribution in [2.75, 3.05) is 32.5 Å². The predicted molar refractivity (Wildman–Crippen MR) is 114 cm³/mol. The minimum absolute atomic E-state index is 0.00811. The van der Waals surface area contributed by atoms with Crippen LogP contribution in [0.2, 0.25) is 0 Å². The van der Waals surface area contributed by atoms with Crippen molar-refractivity contribution in [2.24, 2.45) is 4.99 Å². The Kier molecular flexibility index (Phi) is 9.21. The summed E-state index contributed by atoms with van der Waals surface area (Å²) in [6.45, 7) is 5.60. The first kappa shape index (κ1) is 22.6. The van der Waals surface area contributed by atoms with Gasteiger partial charge in [0.25, 0.3) is 0 Å². The average Bonchev–Trinajstić information content (AvgIpc) is 2.72. The molecule has 0 radical (unpaired) electrons. The molecule has 7 nitrogen and oxygen atoms in total. The lowest BCUT2D eigenvalue weighted by atomic mass is 9.94. The summed E-state index contributed by atoms with van der Waals surface area (Å²) >= 11 is 0. The quantitative estimate of drug-likeness (QED) is 0.427. The maximum atomic E-state index is 12.2. The SMILES string of the molecule is CN=C(NCCS(=O)(=O)NCC1CCCCO1)NC(C)C(C)c1ccccc1. The lowest BCUT2D eigenvalue weighted by Gasteiger charge is -2.24. The molecule has 2 rings (SSSR count). The van der Waals surface area contributed by atoms with E-state index < -0.39 is 10.0 Å². The molecule has 1 aromatic carbocycles. The van der Waals surface area contributed by atoms with Crippen LogP contribution in [-0.2, 0) is 14.8 Å². The van der Waals surface area contributed by atoms with E-state index in [1.165, 1.54) is 5.56 Å².